The van der Waals surface area contributed by atoms with Gasteiger partial charge in [0.1, 0.15) is 5.54 Å². The third-order valence-electron chi connectivity index (χ3n) is 4.54. The Balaban J connectivity index is 1.92. The summed E-state index contributed by atoms with van der Waals surface area (Å²) in [7, 11) is 0. The van der Waals surface area contributed by atoms with Gasteiger partial charge in [-0.15, -0.1) is 0 Å². The summed E-state index contributed by atoms with van der Waals surface area (Å²) in [6.45, 7) is 3.83. The third kappa shape index (κ3) is 5.18. The van der Waals surface area contributed by atoms with Gasteiger partial charge in [-0.05, 0) is 50.2 Å². The molecule has 0 aliphatic carbocycles. The van der Waals surface area contributed by atoms with Crippen LogP contribution in [0, 0.1) is 11.8 Å². The Bertz CT molecular complexity index is 1130. The molecule has 1 heterocycles. The molecule has 0 spiro atoms. The second kappa shape index (κ2) is 10.2. The van der Waals surface area contributed by atoms with Gasteiger partial charge in [-0.1, -0.05) is 17.0 Å². The van der Waals surface area contributed by atoms with Crippen molar-refractivity contribution in [2.75, 3.05) is 32.2 Å². The van der Waals surface area contributed by atoms with E-state index in [9.17, 15) is 10.2 Å². The van der Waals surface area contributed by atoms with Gasteiger partial charge in [0.25, 0.3) is 5.89 Å². The van der Waals surface area contributed by atoms with E-state index in [1.54, 1.807) is 30.3 Å². The number of nitrogens with zero attached hydrogens (tertiary/aromatic N) is 2. The van der Waals surface area contributed by atoms with Gasteiger partial charge in [0.15, 0.2) is 11.5 Å². The zero-order valence-electron chi connectivity index (χ0n) is 18.0. The average molecular weight is 438 g/mol. The van der Waals surface area contributed by atoms with Gasteiger partial charge in [-0.25, -0.2) is 0 Å². The Morgan fingerprint density at radius 1 is 1.00 bits per heavy atom. The highest BCUT2D eigenvalue weighted by Crippen LogP contribution is 2.33. The number of ether oxygens (including phenoxy) is 2. The second-order valence-corrected chi connectivity index (χ2v) is 6.98. The van der Waals surface area contributed by atoms with Gasteiger partial charge < -0.3 is 35.7 Å². The molecule has 1 aromatic heterocycles. The first-order chi connectivity index (χ1) is 15.4. The molecule has 0 radical (unpaired) electrons. The Morgan fingerprint density at radius 2 is 1.69 bits per heavy atom. The monoisotopic (exact) mass is 438 g/mol. The van der Waals surface area contributed by atoms with Crippen LogP contribution in [-0.4, -0.2) is 52.3 Å². The third-order valence-corrected chi connectivity index (χ3v) is 4.54. The highest BCUT2D eigenvalue weighted by atomic mass is 16.5. The number of anilines is 1. The van der Waals surface area contributed by atoms with Crippen LogP contribution in [0.25, 0.3) is 22.8 Å². The van der Waals surface area contributed by atoms with Crippen LogP contribution in [0.3, 0.4) is 0 Å². The first kappa shape index (κ1) is 23.1. The lowest BCUT2D eigenvalue weighted by molar-refractivity contribution is 0.158. The largest absolute Gasteiger partial charge is 0.490 e. The van der Waals surface area contributed by atoms with Crippen molar-refractivity contribution in [2.45, 2.75) is 19.4 Å². The molecule has 0 bridgehead atoms. The van der Waals surface area contributed by atoms with Crippen LogP contribution in [0.5, 0.6) is 11.5 Å². The van der Waals surface area contributed by atoms with Crippen molar-refractivity contribution < 1.29 is 24.2 Å². The lowest BCUT2D eigenvalue weighted by atomic mass is 10.0. The summed E-state index contributed by atoms with van der Waals surface area (Å²) in [4.78, 5) is 4.47. The van der Waals surface area contributed by atoms with Crippen molar-refractivity contribution in [1.82, 2.24) is 10.1 Å². The topological polar surface area (TPSA) is 150 Å². The lowest BCUT2D eigenvalue weighted by Crippen LogP contribution is -2.45. The molecule has 0 saturated heterocycles. The minimum absolute atomic E-state index is 0.315. The molecule has 0 aliphatic heterocycles. The predicted molar refractivity (Wildman–Crippen MR) is 120 cm³/mol. The summed E-state index contributed by atoms with van der Waals surface area (Å²) in [5.41, 5.74) is 12.6. The Hall–Kier alpha value is -3.58. The Labute approximate surface area is 186 Å². The predicted octanol–water partition coefficient (Wildman–Crippen LogP) is 1.82. The van der Waals surface area contributed by atoms with Crippen LogP contribution in [0.15, 0.2) is 40.9 Å². The van der Waals surface area contributed by atoms with Crippen LogP contribution in [0.2, 0.25) is 0 Å². The highest BCUT2D eigenvalue weighted by molar-refractivity contribution is 5.68. The highest BCUT2D eigenvalue weighted by Gasteiger charge is 2.20. The molecule has 3 rings (SSSR count). The van der Waals surface area contributed by atoms with Crippen molar-refractivity contribution in [3.05, 3.63) is 42.0 Å². The number of benzene rings is 2. The number of hydrogen-bond donors (Lipinski definition) is 4. The molecule has 0 aliphatic rings. The van der Waals surface area contributed by atoms with E-state index in [4.69, 9.17) is 25.5 Å². The van der Waals surface area contributed by atoms with E-state index in [1.807, 2.05) is 19.9 Å². The zero-order valence-corrected chi connectivity index (χ0v) is 18.0. The fraction of sp³-hybridized carbons (Fsp3) is 0.304. The summed E-state index contributed by atoms with van der Waals surface area (Å²) in [6.07, 6.45) is 0. The van der Waals surface area contributed by atoms with Crippen LogP contribution < -0.4 is 20.9 Å². The maximum absolute atomic E-state index is 9.31. The SMILES string of the molecule is CCOc1ccc(-c2nc(-c3ccc(N)c(C#CC(N)(CO)CO)c3)no2)cc1OCC. The molecule has 9 heteroatoms. The number of hydrogen-bond acceptors (Lipinski definition) is 9. The summed E-state index contributed by atoms with van der Waals surface area (Å²) >= 11 is 0. The molecular weight excluding hydrogens is 412 g/mol. The van der Waals surface area contributed by atoms with Crippen molar-refractivity contribution in [1.29, 1.82) is 0 Å². The summed E-state index contributed by atoms with van der Waals surface area (Å²) in [6, 6.07) is 10.5. The maximum Gasteiger partial charge on any atom is 0.258 e. The zero-order chi connectivity index (χ0) is 23.1. The van der Waals surface area contributed by atoms with E-state index in [0.717, 1.165) is 0 Å². The summed E-state index contributed by atoms with van der Waals surface area (Å²) < 4.78 is 16.7. The first-order valence-electron chi connectivity index (χ1n) is 10.1. The molecular formula is C23H26N4O5. The van der Waals surface area contributed by atoms with Crippen molar-refractivity contribution in [3.8, 4) is 46.2 Å². The van der Waals surface area contributed by atoms with Gasteiger partial charge in [0.2, 0.25) is 5.82 Å². The average Bonchev–Trinajstić information content (AvgIpc) is 3.30. The van der Waals surface area contributed by atoms with Crippen LogP contribution in [0.4, 0.5) is 5.69 Å². The van der Waals surface area contributed by atoms with Gasteiger partial charge in [-0.3, -0.25) is 0 Å². The Kier molecular flexibility index (Phi) is 7.33. The van der Waals surface area contributed by atoms with Gasteiger partial charge >= 0.3 is 0 Å². The summed E-state index contributed by atoms with van der Waals surface area (Å²) in [5, 5.41) is 22.7. The molecule has 3 aromatic rings. The van der Waals surface area contributed by atoms with E-state index < -0.39 is 18.8 Å². The fourth-order valence-electron chi connectivity index (χ4n) is 2.77. The summed E-state index contributed by atoms with van der Waals surface area (Å²) in [5.74, 6) is 7.35. The maximum atomic E-state index is 9.31. The fourth-order valence-corrected chi connectivity index (χ4v) is 2.77. The molecule has 0 amide bonds. The van der Waals surface area contributed by atoms with E-state index in [-0.39, 0.29) is 0 Å². The molecule has 9 nitrogen and oxygen atoms in total. The van der Waals surface area contributed by atoms with E-state index in [2.05, 4.69) is 22.0 Å². The van der Waals surface area contributed by atoms with Gasteiger partial charge in [0.05, 0.1) is 26.4 Å². The van der Waals surface area contributed by atoms with E-state index in [0.29, 0.717) is 58.8 Å². The number of nitrogen functional groups attached to an aromatic ring is 1. The van der Waals surface area contributed by atoms with Crippen molar-refractivity contribution in [2.24, 2.45) is 5.73 Å². The molecule has 2 aromatic carbocycles. The van der Waals surface area contributed by atoms with Crippen molar-refractivity contribution >= 4 is 5.69 Å². The number of aliphatic hydroxyl groups excluding tert-OH is 2. The van der Waals surface area contributed by atoms with Crippen molar-refractivity contribution in [3.63, 3.8) is 0 Å². The molecule has 32 heavy (non-hydrogen) atoms. The molecule has 6 N–H and O–H groups in total. The Morgan fingerprint density at radius 3 is 2.38 bits per heavy atom. The van der Waals surface area contributed by atoms with E-state index >= 15 is 0 Å². The molecule has 0 unspecified atom stereocenters. The quantitative estimate of drug-likeness (QED) is 0.305. The minimum atomic E-state index is -1.42. The number of nitrogens with two attached hydrogens (primary N) is 2. The second-order valence-electron chi connectivity index (χ2n) is 6.98. The number of rotatable bonds is 8. The molecule has 0 saturated carbocycles. The molecule has 168 valence electrons. The lowest BCUT2D eigenvalue weighted by Gasteiger charge is -2.16. The van der Waals surface area contributed by atoms with Crippen LogP contribution in [0.1, 0.15) is 19.4 Å². The molecule has 0 fully saturated rings. The minimum Gasteiger partial charge on any atom is -0.490 e. The number of aromatic nitrogens is 2. The smallest absolute Gasteiger partial charge is 0.258 e. The van der Waals surface area contributed by atoms with Gasteiger partial charge in [0, 0.05) is 22.4 Å². The van der Waals surface area contributed by atoms with E-state index in [1.165, 1.54) is 0 Å². The first-order valence-corrected chi connectivity index (χ1v) is 10.1. The standard InChI is InChI=1S/C23H26N4O5/c1-3-30-19-8-6-17(12-20(19)31-4-2)22-26-21(27-32-22)16-5-7-18(24)15(11-16)9-10-23(25,13-28)14-29/h5-8,11-12,28-29H,3-4,13-14,24-25H2,1-2H3. The van der Waals surface area contributed by atoms with Crippen LogP contribution >= 0.6 is 0 Å². The normalized spacial score (nSPS) is 11.0. The van der Waals surface area contributed by atoms with Crippen LogP contribution in [-0.2, 0) is 0 Å². The van der Waals surface area contributed by atoms with Gasteiger partial charge in [-0.2, -0.15) is 4.98 Å². The number of aliphatic hydroxyl groups is 2. The molecule has 0 atom stereocenters.